The molecule has 5 nitrogen and oxygen atoms in total. The van der Waals surface area contributed by atoms with Gasteiger partial charge in [-0.2, -0.15) is 0 Å². The van der Waals surface area contributed by atoms with Crippen LogP contribution in [0.5, 0.6) is 11.5 Å². The fourth-order valence-corrected chi connectivity index (χ4v) is 3.38. The second-order valence-electron chi connectivity index (χ2n) is 6.97. The Labute approximate surface area is 172 Å². The number of amides is 1. The van der Waals surface area contributed by atoms with Crippen molar-refractivity contribution in [2.45, 2.75) is 31.9 Å². The number of para-hydroxylation sites is 1. The quantitative estimate of drug-likeness (QED) is 0.479. The number of ether oxygens (including phenoxy) is 3. The molecular weight excluding hydrogens is 366 g/mol. The molecule has 0 aliphatic carbocycles. The highest BCUT2D eigenvalue weighted by Gasteiger charge is 2.25. The lowest BCUT2D eigenvalue weighted by molar-refractivity contribution is 0.0505. The second kappa shape index (κ2) is 10.5. The van der Waals surface area contributed by atoms with Gasteiger partial charge in [-0.25, -0.2) is 0 Å². The lowest BCUT2D eigenvalue weighted by atomic mass is 10.1. The lowest BCUT2D eigenvalue weighted by Gasteiger charge is -2.26. The number of hydrogen-bond acceptors (Lipinski definition) is 4. The average molecular weight is 393 g/mol. The molecule has 0 unspecified atom stereocenters. The summed E-state index contributed by atoms with van der Waals surface area (Å²) >= 11 is 0. The summed E-state index contributed by atoms with van der Waals surface area (Å²) in [5, 5.41) is 0. The first-order valence-electron chi connectivity index (χ1n) is 9.90. The van der Waals surface area contributed by atoms with Gasteiger partial charge in [0.05, 0.1) is 25.4 Å². The van der Waals surface area contributed by atoms with Crippen molar-refractivity contribution in [1.82, 2.24) is 4.90 Å². The highest BCUT2D eigenvalue weighted by molar-refractivity contribution is 5.97. The van der Waals surface area contributed by atoms with Crippen molar-refractivity contribution < 1.29 is 19.0 Å². The fraction of sp³-hybridized carbons (Fsp3) is 0.375. The molecule has 1 amide bonds. The van der Waals surface area contributed by atoms with Crippen molar-refractivity contribution in [1.29, 1.82) is 0 Å². The number of carbonyl (C=O) groups excluding carboxylic acids is 1. The highest BCUT2D eigenvalue weighted by Crippen LogP contribution is 2.23. The third-order valence-corrected chi connectivity index (χ3v) is 4.88. The van der Waals surface area contributed by atoms with Gasteiger partial charge in [0, 0.05) is 26.1 Å². The van der Waals surface area contributed by atoms with E-state index in [4.69, 9.17) is 20.6 Å². The van der Waals surface area contributed by atoms with E-state index in [-0.39, 0.29) is 12.0 Å². The Balaban J connectivity index is 1.74. The van der Waals surface area contributed by atoms with E-state index in [9.17, 15) is 4.79 Å². The van der Waals surface area contributed by atoms with Gasteiger partial charge in [0.2, 0.25) is 0 Å². The van der Waals surface area contributed by atoms with Crippen molar-refractivity contribution in [2.75, 3.05) is 26.9 Å². The number of carbonyl (C=O) groups is 1. The first-order chi connectivity index (χ1) is 14.2. The predicted octanol–water partition coefficient (Wildman–Crippen LogP) is 3.92. The van der Waals surface area contributed by atoms with Crippen LogP contribution in [0.2, 0.25) is 0 Å². The summed E-state index contributed by atoms with van der Waals surface area (Å²) in [5.74, 6) is 3.84. The van der Waals surface area contributed by atoms with E-state index in [1.54, 1.807) is 19.2 Å². The van der Waals surface area contributed by atoms with Crippen LogP contribution in [0.3, 0.4) is 0 Å². The van der Waals surface area contributed by atoms with Crippen LogP contribution >= 0.6 is 0 Å². The highest BCUT2D eigenvalue weighted by atomic mass is 16.5. The first-order valence-corrected chi connectivity index (χ1v) is 9.90. The molecule has 0 radical (unpaired) electrons. The van der Waals surface area contributed by atoms with Gasteiger partial charge < -0.3 is 19.1 Å². The van der Waals surface area contributed by atoms with Crippen LogP contribution in [0.4, 0.5) is 0 Å². The van der Waals surface area contributed by atoms with E-state index >= 15 is 0 Å². The molecule has 5 heteroatoms. The van der Waals surface area contributed by atoms with Gasteiger partial charge in [0.15, 0.2) is 0 Å². The summed E-state index contributed by atoms with van der Waals surface area (Å²) in [7, 11) is 1.58. The Morgan fingerprint density at radius 2 is 2.03 bits per heavy atom. The van der Waals surface area contributed by atoms with Crippen LogP contribution in [0.25, 0.3) is 0 Å². The molecule has 3 rings (SSSR count). The minimum atomic E-state index is -0.0627. The maximum Gasteiger partial charge on any atom is 0.258 e. The van der Waals surface area contributed by atoms with Crippen LogP contribution in [0.1, 0.15) is 35.2 Å². The van der Waals surface area contributed by atoms with Gasteiger partial charge in [0.1, 0.15) is 11.5 Å². The molecule has 1 fully saturated rings. The topological polar surface area (TPSA) is 48.0 Å². The van der Waals surface area contributed by atoms with Crippen LogP contribution in [-0.2, 0) is 11.3 Å². The van der Waals surface area contributed by atoms with Crippen molar-refractivity contribution in [2.24, 2.45) is 0 Å². The molecule has 1 atom stereocenters. The molecule has 0 saturated carbocycles. The maximum atomic E-state index is 13.3. The molecule has 0 spiro atoms. The summed E-state index contributed by atoms with van der Waals surface area (Å²) in [5.41, 5.74) is 1.58. The van der Waals surface area contributed by atoms with Gasteiger partial charge >= 0.3 is 0 Å². The number of nitrogens with zero attached hydrogens (tertiary/aromatic N) is 1. The lowest BCUT2D eigenvalue weighted by Crippen LogP contribution is -2.37. The van der Waals surface area contributed by atoms with Crippen molar-refractivity contribution in [3.8, 4) is 23.8 Å². The average Bonchev–Trinajstić information content (AvgIpc) is 3.27. The normalized spacial score (nSPS) is 15.5. The fourth-order valence-electron chi connectivity index (χ4n) is 3.38. The third-order valence-electron chi connectivity index (χ3n) is 4.88. The van der Waals surface area contributed by atoms with E-state index < -0.39 is 0 Å². The molecule has 29 heavy (non-hydrogen) atoms. The zero-order valence-corrected chi connectivity index (χ0v) is 16.8. The van der Waals surface area contributed by atoms with Crippen LogP contribution in [0.15, 0.2) is 48.5 Å². The smallest absolute Gasteiger partial charge is 0.258 e. The van der Waals surface area contributed by atoms with E-state index in [1.165, 1.54) is 0 Å². The van der Waals surface area contributed by atoms with Gasteiger partial charge in [-0.15, -0.1) is 12.3 Å². The third kappa shape index (κ3) is 5.75. The summed E-state index contributed by atoms with van der Waals surface area (Å²) < 4.78 is 16.8. The SMILES string of the molecule is C#CCCOc1ccc(CN(C[C@H]2CCCO2)C(=O)c2ccccc2OC)cc1. The number of methoxy groups -OCH3 is 1. The summed E-state index contributed by atoms with van der Waals surface area (Å²) in [4.78, 5) is 15.1. The number of rotatable bonds is 9. The standard InChI is InChI=1S/C24H27NO4/c1-3-4-15-28-20-13-11-19(12-14-20)17-25(18-21-8-7-16-29-21)24(26)22-9-5-6-10-23(22)27-2/h1,5-6,9-14,21H,4,7-8,15-18H2,2H3/t21-/m1/s1. The van der Waals surface area contributed by atoms with Crippen molar-refractivity contribution in [3.63, 3.8) is 0 Å². The van der Waals surface area contributed by atoms with Crippen molar-refractivity contribution in [3.05, 3.63) is 59.7 Å². The van der Waals surface area contributed by atoms with Gasteiger partial charge in [0.25, 0.3) is 5.91 Å². The first kappa shape index (κ1) is 20.8. The van der Waals surface area contributed by atoms with E-state index in [0.29, 0.717) is 37.4 Å². The maximum absolute atomic E-state index is 13.3. The Bertz CT molecular complexity index is 835. The van der Waals surface area contributed by atoms with E-state index in [2.05, 4.69) is 5.92 Å². The van der Waals surface area contributed by atoms with Gasteiger partial charge in [-0.1, -0.05) is 24.3 Å². The number of hydrogen-bond donors (Lipinski definition) is 0. The second-order valence-corrected chi connectivity index (χ2v) is 6.97. The largest absolute Gasteiger partial charge is 0.496 e. The molecular formula is C24H27NO4. The molecule has 152 valence electrons. The molecule has 0 bridgehead atoms. The molecule has 1 saturated heterocycles. The summed E-state index contributed by atoms with van der Waals surface area (Å²) in [6.45, 7) is 2.29. The van der Waals surface area contributed by atoms with E-state index in [1.807, 2.05) is 41.3 Å². The minimum Gasteiger partial charge on any atom is -0.496 e. The minimum absolute atomic E-state index is 0.0627. The molecule has 1 heterocycles. The van der Waals surface area contributed by atoms with Crippen LogP contribution in [0, 0.1) is 12.3 Å². The Morgan fingerprint density at radius 1 is 1.24 bits per heavy atom. The molecule has 2 aromatic carbocycles. The Hall–Kier alpha value is -2.97. The van der Waals surface area contributed by atoms with Gasteiger partial charge in [-0.05, 0) is 42.7 Å². The van der Waals surface area contributed by atoms with Crippen LogP contribution < -0.4 is 9.47 Å². The summed E-state index contributed by atoms with van der Waals surface area (Å²) in [6.07, 6.45) is 7.89. The van der Waals surface area contributed by atoms with Crippen LogP contribution in [-0.4, -0.2) is 43.8 Å². The summed E-state index contributed by atoms with van der Waals surface area (Å²) in [6, 6.07) is 15.1. The zero-order chi connectivity index (χ0) is 20.5. The van der Waals surface area contributed by atoms with Crippen molar-refractivity contribution >= 4 is 5.91 Å². The zero-order valence-electron chi connectivity index (χ0n) is 16.8. The Kier molecular flexibility index (Phi) is 7.54. The number of benzene rings is 2. The monoisotopic (exact) mass is 393 g/mol. The Morgan fingerprint density at radius 3 is 2.72 bits per heavy atom. The molecule has 0 N–H and O–H groups in total. The molecule has 1 aliphatic rings. The molecule has 0 aromatic heterocycles. The predicted molar refractivity (Wildman–Crippen MR) is 112 cm³/mol. The number of terminal acetylenes is 1. The van der Waals surface area contributed by atoms with E-state index in [0.717, 1.165) is 30.8 Å². The van der Waals surface area contributed by atoms with Gasteiger partial charge in [-0.3, -0.25) is 4.79 Å². The molecule has 1 aliphatic heterocycles. The molecule has 2 aromatic rings.